The van der Waals surface area contributed by atoms with Crippen LogP contribution in [0.3, 0.4) is 0 Å². The topological polar surface area (TPSA) is 120 Å². The maximum absolute atomic E-state index is 12.6. The Morgan fingerprint density at radius 3 is 2.44 bits per heavy atom. The van der Waals surface area contributed by atoms with Gasteiger partial charge in [-0.3, -0.25) is 19.5 Å². The number of nitrogens with zero attached hydrogens (tertiary/aromatic N) is 4. The van der Waals surface area contributed by atoms with E-state index in [0.29, 0.717) is 32.0 Å². The maximum atomic E-state index is 12.6. The molecular weight excluding hydrogens is 352 g/mol. The Balaban J connectivity index is 1.54. The van der Waals surface area contributed by atoms with E-state index in [-0.39, 0.29) is 24.0 Å². The van der Waals surface area contributed by atoms with Crippen LogP contribution in [-0.2, 0) is 22.6 Å². The van der Waals surface area contributed by atoms with Crippen molar-refractivity contribution >= 4 is 17.8 Å². The van der Waals surface area contributed by atoms with Gasteiger partial charge in [0.1, 0.15) is 17.9 Å². The number of H-pyrrole nitrogens is 1. The summed E-state index contributed by atoms with van der Waals surface area (Å²) in [6, 6.07) is -0.524. The molecule has 0 spiro atoms. The Hall–Kier alpha value is -2.65. The molecule has 2 fully saturated rings. The van der Waals surface area contributed by atoms with Crippen molar-refractivity contribution in [3.05, 3.63) is 16.3 Å². The molecule has 1 aromatic heterocycles. The molecule has 0 atom stereocenters. The van der Waals surface area contributed by atoms with Gasteiger partial charge in [-0.2, -0.15) is 5.10 Å². The highest BCUT2D eigenvalue weighted by Gasteiger charge is 2.46. The second kappa shape index (κ2) is 7.16. The van der Waals surface area contributed by atoms with Crippen molar-refractivity contribution in [1.82, 2.24) is 29.9 Å². The Kier molecular flexibility index (Phi) is 5.07. The number of hydrogen-bond donors (Lipinski definition) is 2. The van der Waals surface area contributed by atoms with Crippen LogP contribution in [0.1, 0.15) is 39.4 Å². The average Bonchev–Trinajstić information content (AvgIpc) is 3.07. The van der Waals surface area contributed by atoms with Crippen LogP contribution in [0.4, 0.5) is 4.79 Å². The first-order valence-corrected chi connectivity index (χ1v) is 9.29. The highest BCUT2D eigenvalue weighted by molar-refractivity contribution is 6.07. The first kappa shape index (κ1) is 19.1. The summed E-state index contributed by atoms with van der Waals surface area (Å²) < 4.78 is 1.63. The molecule has 148 valence electrons. The van der Waals surface area contributed by atoms with E-state index in [1.807, 2.05) is 6.92 Å². The van der Waals surface area contributed by atoms with Crippen LogP contribution in [0.5, 0.6) is 0 Å². The number of hydrogen-bond acceptors (Lipinski definition) is 5. The molecule has 4 amide bonds. The molecule has 0 aliphatic carbocycles. The molecule has 1 aromatic rings. The van der Waals surface area contributed by atoms with Gasteiger partial charge in [0.05, 0.1) is 0 Å². The molecule has 0 radical (unpaired) electrons. The van der Waals surface area contributed by atoms with Crippen molar-refractivity contribution < 1.29 is 14.4 Å². The number of likely N-dealkylation sites (tertiary alicyclic amines) is 1. The zero-order valence-corrected chi connectivity index (χ0v) is 15.9. The molecule has 0 saturated carbocycles. The predicted molar refractivity (Wildman–Crippen MR) is 95.9 cm³/mol. The molecule has 10 heteroatoms. The molecule has 3 rings (SSSR count). The van der Waals surface area contributed by atoms with E-state index < -0.39 is 11.6 Å². The summed E-state index contributed by atoms with van der Waals surface area (Å²) in [5.74, 6) is 0.556. The smallest absolute Gasteiger partial charge is 0.341 e. The summed E-state index contributed by atoms with van der Waals surface area (Å²) in [6.45, 7) is 6.82. The third-order valence-electron chi connectivity index (χ3n) is 5.58. The summed E-state index contributed by atoms with van der Waals surface area (Å²) >= 11 is 0. The highest BCUT2D eigenvalue weighted by atomic mass is 16.2. The minimum Gasteiger partial charge on any atom is -0.341 e. The first-order chi connectivity index (χ1) is 12.7. The van der Waals surface area contributed by atoms with Gasteiger partial charge in [-0.15, -0.1) is 0 Å². The molecule has 27 heavy (non-hydrogen) atoms. The monoisotopic (exact) mass is 378 g/mol. The van der Waals surface area contributed by atoms with Crippen molar-refractivity contribution in [2.24, 2.45) is 5.92 Å². The van der Waals surface area contributed by atoms with Crippen LogP contribution in [-0.4, -0.2) is 67.6 Å². The molecular formula is C17H26N6O4. The summed E-state index contributed by atoms with van der Waals surface area (Å²) in [7, 11) is 0. The predicted octanol–water partition coefficient (Wildman–Crippen LogP) is -0.297. The second-order valence-electron chi connectivity index (χ2n) is 7.62. The molecule has 0 aromatic carbocycles. The second-order valence-corrected chi connectivity index (χ2v) is 7.62. The van der Waals surface area contributed by atoms with Crippen molar-refractivity contribution in [3.8, 4) is 0 Å². The van der Waals surface area contributed by atoms with Gasteiger partial charge in [0, 0.05) is 26.1 Å². The number of carbonyl (C=O) groups is 3. The summed E-state index contributed by atoms with van der Waals surface area (Å²) in [5.41, 5.74) is -1.21. The molecule has 0 bridgehead atoms. The quantitative estimate of drug-likeness (QED) is 0.682. The number of aromatic amines is 1. The van der Waals surface area contributed by atoms with Gasteiger partial charge in [0.2, 0.25) is 5.91 Å². The van der Waals surface area contributed by atoms with Gasteiger partial charge in [-0.1, -0.05) is 0 Å². The fourth-order valence-electron chi connectivity index (χ4n) is 3.68. The third-order valence-corrected chi connectivity index (χ3v) is 5.58. The number of carbonyl (C=O) groups excluding carboxylic acids is 3. The lowest BCUT2D eigenvalue weighted by Gasteiger charge is -2.34. The molecule has 2 saturated heterocycles. The third kappa shape index (κ3) is 3.60. The number of rotatable bonds is 5. The number of nitrogens with one attached hydrogen (secondary N) is 2. The molecule has 3 heterocycles. The van der Waals surface area contributed by atoms with Gasteiger partial charge >= 0.3 is 11.7 Å². The van der Waals surface area contributed by atoms with Crippen LogP contribution in [0.2, 0.25) is 0 Å². The Bertz CT molecular complexity index is 803. The average molecular weight is 378 g/mol. The van der Waals surface area contributed by atoms with Crippen molar-refractivity contribution in [3.63, 3.8) is 0 Å². The zero-order chi connectivity index (χ0) is 19.8. The van der Waals surface area contributed by atoms with Gasteiger partial charge in [-0.05, 0) is 39.5 Å². The van der Waals surface area contributed by atoms with Crippen molar-refractivity contribution in [2.75, 3.05) is 19.6 Å². The lowest BCUT2D eigenvalue weighted by molar-refractivity contribution is -0.134. The van der Waals surface area contributed by atoms with Crippen LogP contribution in [0.15, 0.2) is 4.79 Å². The van der Waals surface area contributed by atoms with Gasteiger partial charge in [0.25, 0.3) is 5.91 Å². The fourth-order valence-corrected chi connectivity index (χ4v) is 3.68. The van der Waals surface area contributed by atoms with Gasteiger partial charge < -0.3 is 9.80 Å². The van der Waals surface area contributed by atoms with Crippen molar-refractivity contribution in [1.29, 1.82) is 0 Å². The Morgan fingerprint density at radius 1 is 1.22 bits per heavy atom. The molecule has 2 aliphatic heterocycles. The van der Waals surface area contributed by atoms with Crippen LogP contribution < -0.4 is 11.0 Å². The normalized spacial score (nSPS) is 20.3. The summed E-state index contributed by atoms with van der Waals surface area (Å²) in [6.07, 6.45) is 2.32. The summed E-state index contributed by atoms with van der Waals surface area (Å²) in [5, 5.41) is 8.83. The molecule has 2 aliphatic rings. The van der Waals surface area contributed by atoms with E-state index in [0.717, 1.165) is 18.7 Å². The van der Waals surface area contributed by atoms with Crippen LogP contribution in [0, 0.1) is 5.92 Å². The number of piperidine rings is 1. The lowest BCUT2D eigenvalue weighted by atomic mass is 9.93. The van der Waals surface area contributed by atoms with Crippen LogP contribution in [0.25, 0.3) is 0 Å². The number of amides is 4. The number of aromatic nitrogens is 3. The first-order valence-electron chi connectivity index (χ1n) is 9.29. The zero-order valence-electron chi connectivity index (χ0n) is 15.9. The number of imide groups is 1. The van der Waals surface area contributed by atoms with Crippen LogP contribution >= 0.6 is 0 Å². The Labute approximate surface area is 156 Å². The minimum absolute atomic E-state index is 0.107. The van der Waals surface area contributed by atoms with Gasteiger partial charge in [0.15, 0.2) is 0 Å². The lowest BCUT2D eigenvalue weighted by Crippen LogP contribution is -2.51. The maximum Gasteiger partial charge on any atom is 0.343 e. The SMILES string of the molecule is CCn1c(CC2CCN(C(=O)CN3C(=O)NC(=O)C3(C)C)CC2)n[nH]c1=O. The van der Waals surface area contributed by atoms with E-state index in [2.05, 4.69) is 15.5 Å². The van der Waals surface area contributed by atoms with E-state index in [1.54, 1.807) is 23.3 Å². The van der Waals surface area contributed by atoms with Gasteiger partial charge in [-0.25, -0.2) is 14.7 Å². The Morgan fingerprint density at radius 2 is 1.89 bits per heavy atom. The highest BCUT2D eigenvalue weighted by Crippen LogP contribution is 2.23. The number of urea groups is 1. The fraction of sp³-hybridized carbons (Fsp3) is 0.706. The van der Waals surface area contributed by atoms with E-state index in [9.17, 15) is 19.2 Å². The standard InChI is InChI=1S/C17H26N6O4/c1-4-22-12(19-20-16(22)27)9-11-5-7-21(8-6-11)13(24)10-23-15(26)18-14(25)17(23,2)3/h11H,4-10H2,1-3H3,(H,20,27)(H,18,25,26). The molecule has 10 nitrogen and oxygen atoms in total. The molecule has 0 unspecified atom stereocenters. The molecule has 2 N–H and O–H groups in total. The van der Waals surface area contributed by atoms with E-state index in [4.69, 9.17) is 0 Å². The largest absolute Gasteiger partial charge is 0.343 e. The minimum atomic E-state index is -1.02. The van der Waals surface area contributed by atoms with E-state index >= 15 is 0 Å². The van der Waals surface area contributed by atoms with E-state index in [1.165, 1.54) is 4.90 Å². The summed E-state index contributed by atoms with van der Waals surface area (Å²) in [4.78, 5) is 51.0. The van der Waals surface area contributed by atoms with Crippen molar-refractivity contribution in [2.45, 2.75) is 52.1 Å².